The van der Waals surface area contributed by atoms with Gasteiger partial charge < -0.3 is 20.5 Å². The lowest BCUT2D eigenvalue weighted by molar-refractivity contribution is -0.138. The summed E-state index contributed by atoms with van der Waals surface area (Å²) in [4.78, 5) is 36.1. The van der Waals surface area contributed by atoms with E-state index in [-0.39, 0.29) is 12.5 Å². The molecule has 7 heteroatoms. The number of carboxylic acid groups (broad SMARTS) is 1. The largest absolute Gasteiger partial charge is 0.480 e. The van der Waals surface area contributed by atoms with Crippen molar-refractivity contribution >= 4 is 18.0 Å². The van der Waals surface area contributed by atoms with E-state index in [0.717, 1.165) is 27.8 Å². The van der Waals surface area contributed by atoms with Crippen LogP contribution in [0.25, 0.3) is 11.1 Å². The second-order valence-electron chi connectivity index (χ2n) is 8.16. The van der Waals surface area contributed by atoms with Gasteiger partial charge in [0.1, 0.15) is 19.2 Å². The molecule has 0 bridgehead atoms. The van der Waals surface area contributed by atoms with Gasteiger partial charge in [0.15, 0.2) is 0 Å². The third kappa shape index (κ3) is 5.43. The molecule has 3 aromatic rings. The first-order chi connectivity index (χ1) is 16.5. The summed E-state index contributed by atoms with van der Waals surface area (Å²) in [6.07, 6.45) is 0.125. The number of carboxylic acids is 1. The highest BCUT2D eigenvalue weighted by atomic mass is 16.5. The molecule has 1 atom stereocenters. The average molecular weight is 459 g/mol. The molecule has 0 radical (unpaired) electrons. The molecule has 3 N–H and O–H groups in total. The predicted octanol–water partition coefficient (Wildman–Crippen LogP) is 3.73. The van der Waals surface area contributed by atoms with Crippen LogP contribution in [0.5, 0.6) is 0 Å². The molecule has 0 spiro atoms. The van der Waals surface area contributed by atoms with E-state index in [1.165, 1.54) is 0 Å². The summed E-state index contributed by atoms with van der Waals surface area (Å²) >= 11 is 0. The van der Waals surface area contributed by atoms with Crippen LogP contribution >= 0.6 is 0 Å². The summed E-state index contributed by atoms with van der Waals surface area (Å²) in [7, 11) is 0. The van der Waals surface area contributed by atoms with Crippen LogP contribution in [0.4, 0.5) is 4.79 Å². The smallest absolute Gasteiger partial charge is 0.407 e. The minimum absolute atomic E-state index is 0.0956. The Balaban J connectivity index is 1.41. The van der Waals surface area contributed by atoms with Crippen molar-refractivity contribution in [2.75, 3.05) is 13.2 Å². The number of rotatable bonds is 9. The van der Waals surface area contributed by atoms with E-state index in [9.17, 15) is 14.4 Å². The van der Waals surface area contributed by atoms with Gasteiger partial charge in [0.2, 0.25) is 5.91 Å². The van der Waals surface area contributed by atoms with Crippen molar-refractivity contribution < 1.29 is 24.2 Å². The summed E-state index contributed by atoms with van der Waals surface area (Å²) in [6, 6.07) is 24.7. The van der Waals surface area contributed by atoms with E-state index < -0.39 is 30.6 Å². The van der Waals surface area contributed by atoms with Gasteiger partial charge in [0, 0.05) is 5.92 Å². The first kappa shape index (κ1) is 23.0. The third-order valence-corrected chi connectivity index (χ3v) is 5.93. The molecule has 0 saturated carbocycles. The zero-order chi connectivity index (χ0) is 23.9. The SMILES string of the molecule is O=C(O)CNC(=O)C(CCc1ccccc1)NC(=O)OCC1c2ccccc2-c2ccccc21. The number of aliphatic carboxylic acids is 1. The number of ether oxygens (including phenoxy) is 1. The maximum Gasteiger partial charge on any atom is 0.407 e. The molecular formula is C27H26N2O5. The molecule has 0 fully saturated rings. The van der Waals surface area contributed by atoms with Crippen molar-refractivity contribution in [1.82, 2.24) is 10.6 Å². The Hall–Kier alpha value is -4.13. The first-order valence-corrected chi connectivity index (χ1v) is 11.2. The van der Waals surface area contributed by atoms with Gasteiger partial charge in [-0.25, -0.2) is 4.79 Å². The van der Waals surface area contributed by atoms with Crippen LogP contribution < -0.4 is 10.6 Å². The Morgan fingerprint density at radius 1 is 0.853 bits per heavy atom. The van der Waals surface area contributed by atoms with Crippen molar-refractivity contribution in [1.29, 1.82) is 0 Å². The number of aryl methyl sites for hydroxylation is 1. The number of benzene rings is 3. The van der Waals surface area contributed by atoms with Crippen LogP contribution in [0.3, 0.4) is 0 Å². The monoisotopic (exact) mass is 458 g/mol. The van der Waals surface area contributed by atoms with Gasteiger partial charge in [0.25, 0.3) is 0 Å². The highest BCUT2D eigenvalue weighted by Crippen LogP contribution is 2.44. The van der Waals surface area contributed by atoms with Crippen LogP contribution in [0, 0.1) is 0 Å². The standard InChI is InChI=1S/C27H26N2O5/c30-25(31)16-28-26(32)24(15-14-18-8-2-1-3-9-18)29-27(33)34-17-23-21-12-6-4-10-19(21)20-11-5-7-13-22(20)23/h1-13,23-24H,14-17H2,(H,28,32)(H,29,33)(H,30,31). The molecule has 0 aromatic heterocycles. The van der Waals surface area contributed by atoms with Crippen molar-refractivity contribution in [3.63, 3.8) is 0 Å². The van der Waals surface area contributed by atoms with Crippen molar-refractivity contribution in [3.8, 4) is 11.1 Å². The number of alkyl carbamates (subject to hydrolysis) is 1. The molecule has 3 aromatic carbocycles. The molecule has 0 saturated heterocycles. The molecule has 2 amide bonds. The predicted molar refractivity (Wildman–Crippen MR) is 127 cm³/mol. The number of hydrogen-bond donors (Lipinski definition) is 3. The van der Waals surface area contributed by atoms with Crippen molar-refractivity contribution in [3.05, 3.63) is 95.6 Å². The van der Waals surface area contributed by atoms with E-state index >= 15 is 0 Å². The van der Waals surface area contributed by atoms with Crippen LogP contribution in [0.15, 0.2) is 78.9 Å². The minimum Gasteiger partial charge on any atom is -0.480 e. The van der Waals surface area contributed by atoms with E-state index in [0.29, 0.717) is 12.8 Å². The normalized spacial score (nSPS) is 12.8. The quantitative estimate of drug-likeness (QED) is 0.453. The molecule has 1 unspecified atom stereocenters. The highest BCUT2D eigenvalue weighted by Gasteiger charge is 2.29. The molecule has 1 aliphatic rings. The topological polar surface area (TPSA) is 105 Å². The Morgan fingerprint density at radius 3 is 2.06 bits per heavy atom. The summed E-state index contributed by atoms with van der Waals surface area (Å²) in [6.45, 7) is -0.394. The number of carbonyl (C=O) groups excluding carboxylic acids is 2. The first-order valence-electron chi connectivity index (χ1n) is 11.2. The number of amides is 2. The summed E-state index contributed by atoms with van der Waals surface area (Å²) in [5.41, 5.74) is 5.45. The summed E-state index contributed by atoms with van der Waals surface area (Å²) in [5, 5.41) is 13.8. The molecule has 0 aliphatic heterocycles. The van der Waals surface area contributed by atoms with Crippen molar-refractivity contribution in [2.24, 2.45) is 0 Å². The molecule has 34 heavy (non-hydrogen) atoms. The summed E-state index contributed by atoms with van der Waals surface area (Å²) < 4.78 is 5.55. The lowest BCUT2D eigenvalue weighted by atomic mass is 9.98. The molecule has 7 nitrogen and oxygen atoms in total. The highest BCUT2D eigenvalue weighted by molar-refractivity contribution is 5.88. The van der Waals surface area contributed by atoms with Crippen LogP contribution in [-0.2, 0) is 20.7 Å². The van der Waals surface area contributed by atoms with Gasteiger partial charge in [-0.1, -0.05) is 78.9 Å². The van der Waals surface area contributed by atoms with Gasteiger partial charge in [-0.15, -0.1) is 0 Å². The van der Waals surface area contributed by atoms with Crippen LogP contribution in [0.2, 0.25) is 0 Å². The number of carbonyl (C=O) groups is 3. The van der Waals surface area contributed by atoms with Crippen LogP contribution in [-0.4, -0.2) is 42.3 Å². The molecule has 4 rings (SSSR count). The average Bonchev–Trinajstić information content (AvgIpc) is 3.18. The van der Waals surface area contributed by atoms with Gasteiger partial charge in [-0.05, 0) is 40.7 Å². The minimum atomic E-state index is -1.16. The van der Waals surface area contributed by atoms with Crippen molar-refractivity contribution in [2.45, 2.75) is 24.8 Å². The number of hydrogen-bond acceptors (Lipinski definition) is 4. The zero-order valence-corrected chi connectivity index (χ0v) is 18.6. The molecular weight excluding hydrogens is 432 g/mol. The second-order valence-corrected chi connectivity index (χ2v) is 8.16. The molecule has 174 valence electrons. The maximum absolute atomic E-state index is 12.7. The third-order valence-electron chi connectivity index (χ3n) is 5.93. The Labute approximate surface area is 197 Å². The molecule has 1 aliphatic carbocycles. The van der Waals surface area contributed by atoms with Gasteiger partial charge in [-0.3, -0.25) is 9.59 Å². The van der Waals surface area contributed by atoms with Gasteiger partial charge in [-0.2, -0.15) is 0 Å². The fourth-order valence-corrected chi connectivity index (χ4v) is 4.29. The Bertz CT molecular complexity index is 1130. The molecule has 0 heterocycles. The Morgan fingerprint density at radius 2 is 1.44 bits per heavy atom. The van der Waals surface area contributed by atoms with E-state index in [1.54, 1.807) is 0 Å². The fourth-order valence-electron chi connectivity index (χ4n) is 4.29. The van der Waals surface area contributed by atoms with Crippen LogP contribution in [0.1, 0.15) is 29.0 Å². The van der Waals surface area contributed by atoms with E-state index in [1.807, 2.05) is 66.7 Å². The fraction of sp³-hybridized carbons (Fsp3) is 0.222. The van der Waals surface area contributed by atoms with Gasteiger partial charge >= 0.3 is 12.1 Å². The second kappa shape index (κ2) is 10.7. The lowest BCUT2D eigenvalue weighted by Crippen LogP contribution is -2.48. The Kier molecular flexibility index (Phi) is 7.22. The summed E-state index contributed by atoms with van der Waals surface area (Å²) in [5.74, 6) is -1.81. The zero-order valence-electron chi connectivity index (χ0n) is 18.6. The lowest BCUT2D eigenvalue weighted by Gasteiger charge is -2.19. The number of nitrogens with one attached hydrogen (secondary N) is 2. The van der Waals surface area contributed by atoms with E-state index in [4.69, 9.17) is 9.84 Å². The maximum atomic E-state index is 12.7. The van der Waals surface area contributed by atoms with E-state index in [2.05, 4.69) is 22.8 Å². The van der Waals surface area contributed by atoms with Gasteiger partial charge in [0.05, 0.1) is 0 Å². The number of fused-ring (bicyclic) bond motifs is 3.